The quantitative estimate of drug-likeness (QED) is 0.459. The molecule has 0 saturated heterocycles. The van der Waals surface area contributed by atoms with Crippen LogP contribution in [0.15, 0.2) is 47.3 Å². The summed E-state index contributed by atoms with van der Waals surface area (Å²) in [6, 6.07) is 9.90. The molecule has 0 aromatic heterocycles. The Morgan fingerprint density at radius 1 is 1.43 bits per heavy atom. The van der Waals surface area contributed by atoms with Gasteiger partial charge in [-0.25, -0.2) is 5.01 Å². The summed E-state index contributed by atoms with van der Waals surface area (Å²) < 4.78 is 5.73. The maximum Gasteiger partial charge on any atom is 0.276 e. The molecule has 0 fully saturated rings. The Morgan fingerprint density at radius 3 is 2.95 bits per heavy atom. The number of nitrogens with zero attached hydrogens (tertiary/aromatic N) is 2. The molecule has 7 heteroatoms. The molecule has 21 heavy (non-hydrogen) atoms. The lowest BCUT2D eigenvalue weighted by Gasteiger charge is -2.27. The Labute approximate surface area is 136 Å². The molecule has 110 valence electrons. The van der Waals surface area contributed by atoms with E-state index < -0.39 is 0 Å². The van der Waals surface area contributed by atoms with Crippen molar-refractivity contribution in [3.63, 3.8) is 0 Å². The molecule has 0 bridgehead atoms. The fourth-order valence-corrected chi connectivity index (χ4v) is 2.66. The molecule has 2 N–H and O–H groups in total. The summed E-state index contributed by atoms with van der Waals surface area (Å²) >= 11 is 2.18. The van der Waals surface area contributed by atoms with E-state index in [1.807, 2.05) is 37.3 Å². The predicted octanol–water partition coefficient (Wildman–Crippen LogP) is 1.50. The molecular formula is C14H15IN4O2. The molecule has 1 aromatic rings. The van der Waals surface area contributed by atoms with Gasteiger partial charge < -0.3 is 15.4 Å². The summed E-state index contributed by atoms with van der Waals surface area (Å²) in [6.45, 7) is 2.36. The topological polar surface area (TPSA) is 66.0 Å². The van der Waals surface area contributed by atoms with Crippen LogP contribution >= 0.6 is 22.6 Å². The van der Waals surface area contributed by atoms with Crippen LogP contribution in [0.3, 0.4) is 0 Å². The first-order valence-electron chi connectivity index (χ1n) is 6.60. The summed E-state index contributed by atoms with van der Waals surface area (Å²) in [5.41, 5.74) is 1.61. The fourth-order valence-electron chi connectivity index (χ4n) is 2.06. The van der Waals surface area contributed by atoms with Crippen LogP contribution in [0, 0.1) is 0 Å². The molecule has 1 aromatic carbocycles. The van der Waals surface area contributed by atoms with Gasteiger partial charge in [-0.15, -0.1) is 0 Å². The van der Waals surface area contributed by atoms with Gasteiger partial charge in [0.1, 0.15) is 11.8 Å². The first-order valence-corrected chi connectivity index (χ1v) is 7.84. The number of alkyl halides is 1. The van der Waals surface area contributed by atoms with E-state index in [2.05, 4.69) is 38.3 Å². The zero-order chi connectivity index (χ0) is 14.8. The molecule has 2 heterocycles. The summed E-state index contributed by atoms with van der Waals surface area (Å²) in [6.07, 6.45) is 1.38. The highest BCUT2D eigenvalue weighted by molar-refractivity contribution is 14.1. The van der Waals surface area contributed by atoms with Crippen LogP contribution in [-0.2, 0) is 16.1 Å². The molecule has 0 radical (unpaired) electrons. The average molecular weight is 398 g/mol. The predicted molar refractivity (Wildman–Crippen MR) is 87.1 cm³/mol. The van der Waals surface area contributed by atoms with Gasteiger partial charge in [-0.3, -0.25) is 4.79 Å². The number of ether oxygens (including phenoxy) is 1. The Balaban J connectivity index is 1.67. The molecule has 2 atom stereocenters. The lowest BCUT2D eigenvalue weighted by molar-refractivity contribution is -0.118. The molecular weight excluding hydrogens is 383 g/mol. The van der Waals surface area contributed by atoms with Gasteiger partial charge in [0.15, 0.2) is 10.0 Å². The Hall–Kier alpha value is -1.61. The SMILES string of the molecule is CC(OCc1ccccc1)C1=NN2C(=CNC2I)C(=O)N1. The second kappa shape index (κ2) is 6.02. The number of halogens is 1. The van der Waals surface area contributed by atoms with E-state index in [0.717, 1.165) is 5.56 Å². The number of carbonyl (C=O) groups excluding carboxylic acids is 1. The van der Waals surface area contributed by atoms with E-state index in [9.17, 15) is 4.79 Å². The largest absolute Gasteiger partial charge is 0.366 e. The third kappa shape index (κ3) is 3.03. The van der Waals surface area contributed by atoms with Crippen molar-refractivity contribution in [1.29, 1.82) is 0 Å². The molecule has 1 amide bonds. The molecule has 6 nitrogen and oxygen atoms in total. The molecule has 0 spiro atoms. The van der Waals surface area contributed by atoms with Gasteiger partial charge in [0, 0.05) is 6.20 Å². The van der Waals surface area contributed by atoms with Gasteiger partial charge in [-0.05, 0) is 35.1 Å². The molecule has 2 unspecified atom stereocenters. The zero-order valence-electron chi connectivity index (χ0n) is 11.4. The number of hydrogen-bond donors (Lipinski definition) is 2. The van der Waals surface area contributed by atoms with Gasteiger partial charge >= 0.3 is 0 Å². The van der Waals surface area contributed by atoms with E-state index >= 15 is 0 Å². The number of hydrazone groups is 1. The summed E-state index contributed by atoms with van der Waals surface area (Å²) in [7, 11) is 0. The van der Waals surface area contributed by atoms with Crippen molar-refractivity contribution in [2.45, 2.75) is 23.8 Å². The molecule has 2 aliphatic rings. The normalized spacial score (nSPS) is 21.9. The van der Waals surface area contributed by atoms with Crippen molar-refractivity contribution >= 4 is 34.3 Å². The van der Waals surface area contributed by atoms with Crippen molar-refractivity contribution in [3.05, 3.63) is 47.8 Å². The van der Waals surface area contributed by atoms with E-state index in [0.29, 0.717) is 18.1 Å². The van der Waals surface area contributed by atoms with E-state index in [-0.39, 0.29) is 16.2 Å². The van der Waals surface area contributed by atoms with Crippen molar-refractivity contribution in [2.75, 3.05) is 0 Å². The minimum atomic E-state index is -0.292. The lowest BCUT2D eigenvalue weighted by atomic mass is 10.2. The molecule has 2 aliphatic heterocycles. The second-order valence-corrected chi connectivity index (χ2v) is 5.93. The van der Waals surface area contributed by atoms with Crippen molar-refractivity contribution in [1.82, 2.24) is 15.6 Å². The molecule has 0 aliphatic carbocycles. The van der Waals surface area contributed by atoms with Crippen LogP contribution in [0.2, 0.25) is 0 Å². The van der Waals surface area contributed by atoms with Crippen LogP contribution in [0.5, 0.6) is 0 Å². The summed E-state index contributed by atoms with van der Waals surface area (Å²) in [5.74, 6) is 0.361. The van der Waals surface area contributed by atoms with Crippen LogP contribution in [-0.4, -0.2) is 27.0 Å². The number of amides is 1. The standard InChI is InChI=1S/C14H15IN4O2/c1-9(21-8-10-5-3-2-4-6-10)12-17-13(20)11-7-16-14(15)19(11)18-12/h2-7,9,14,16H,8H2,1H3,(H,17,18,20). The number of amidine groups is 1. The Morgan fingerprint density at radius 2 is 2.19 bits per heavy atom. The second-order valence-electron chi connectivity index (χ2n) is 4.75. The van der Waals surface area contributed by atoms with Gasteiger partial charge in [0.2, 0.25) is 0 Å². The molecule has 0 saturated carbocycles. The number of rotatable bonds is 4. The summed E-state index contributed by atoms with van der Waals surface area (Å²) in [5, 5.41) is 11.9. The number of benzene rings is 1. The van der Waals surface area contributed by atoms with Crippen molar-refractivity contribution in [2.24, 2.45) is 5.10 Å². The number of nitrogens with one attached hydrogen (secondary N) is 2. The van der Waals surface area contributed by atoms with Gasteiger partial charge in [0.25, 0.3) is 5.91 Å². The fraction of sp³-hybridized carbons (Fsp3) is 0.286. The highest BCUT2D eigenvalue weighted by atomic mass is 127. The number of carbonyl (C=O) groups is 1. The summed E-state index contributed by atoms with van der Waals surface area (Å²) in [4.78, 5) is 12.0. The Bertz CT molecular complexity index is 602. The zero-order valence-corrected chi connectivity index (χ0v) is 13.6. The maximum absolute atomic E-state index is 12.0. The van der Waals surface area contributed by atoms with Gasteiger partial charge in [-0.1, -0.05) is 30.3 Å². The molecule has 3 rings (SSSR count). The van der Waals surface area contributed by atoms with Gasteiger partial charge in [-0.2, -0.15) is 5.10 Å². The highest BCUT2D eigenvalue weighted by Crippen LogP contribution is 2.22. The minimum Gasteiger partial charge on any atom is -0.366 e. The van der Waals surface area contributed by atoms with Crippen molar-refractivity contribution in [3.8, 4) is 0 Å². The minimum absolute atomic E-state index is 0.0556. The lowest BCUT2D eigenvalue weighted by Crippen LogP contribution is -2.48. The third-order valence-electron chi connectivity index (χ3n) is 3.24. The monoisotopic (exact) mass is 398 g/mol. The first-order chi connectivity index (χ1) is 10.1. The van der Waals surface area contributed by atoms with Gasteiger partial charge in [0.05, 0.1) is 6.61 Å². The highest BCUT2D eigenvalue weighted by Gasteiger charge is 2.34. The third-order valence-corrected chi connectivity index (χ3v) is 4.12. The van der Waals surface area contributed by atoms with E-state index in [1.165, 1.54) is 0 Å². The number of fused-ring (bicyclic) bond motifs is 1. The maximum atomic E-state index is 12.0. The van der Waals surface area contributed by atoms with Crippen LogP contribution in [0.4, 0.5) is 0 Å². The number of hydrogen-bond acceptors (Lipinski definition) is 5. The van der Waals surface area contributed by atoms with Crippen LogP contribution in [0.1, 0.15) is 12.5 Å². The van der Waals surface area contributed by atoms with E-state index in [4.69, 9.17) is 4.74 Å². The Kier molecular flexibility index (Phi) is 4.11. The van der Waals surface area contributed by atoms with Crippen LogP contribution < -0.4 is 10.6 Å². The van der Waals surface area contributed by atoms with E-state index in [1.54, 1.807) is 11.2 Å². The average Bonchev–Trinajstić information content (AvgIpc) is 2.88. The van der Waals surface area contributed by atoms with Crippen LogP contribution in [0.25, 0.3) is 0 Å². The first kappa shape index (κ1) is 14.3. The smallest absolute Gasteiger partial charge is 0.276 e. The van der Waals surface area contributed by atoms with Crippen molar-refractivity contribution < 1.29 is 9.53 Å².